The lowest BCUT2D eigenvalue weighted by Crippen LogP contribution is -2.87. The molecular weight excluding hydrogens is 458 g/mol. The van der Waals surface area contributed by atoms with Gasteiger partial charge in [-0.15, -0.1) is 0 Å². The molecule has 0 unspecified atom stereocenters. The number of aryl methyl sites for hydroxylation is 1. The molecule has 3 N–H and O–H groups in total. The molecule has 7 heteroatoms. The first-order chi connectivity index (χ1) is 17.0. The summed E-state index contributed by atoms with van der Waals surface area (Å²) in [6, 6.07) is 24.3. The Labute approximate surface area is 208 Å². The van der Waals surface area contributed by atoms with Crippen molar-refractivity contribution in [1.29, 1.82) is 0 Å². The van der Waals surface area contributed by atoms with Crippen molar-refractivity contribution in [3.8, 4) is 17.3 Å². The summed E-state index contributed by atoms with van der Waals surface area (Å²) < 4.78 is 2.84. The third kappa shape index (κ3) is 4.13. The van der Waals surface area contributed by atoms with Gasteiger partial charge in [-0.25, -0.2) is 0 Å². The topological polar surface area (TPSA) is 80.8 Å². The standard InChI is InChI=1S/C28H25N3O3S/c1-18-9-5-8-14-23(18)31-27(34)25(26(33)30(28(31)35)20-11-3-2-4-12-20)24(32)17-22-21-13-7-6-10-19(21)15-16-29-22/h2-14,22,29,34H,15-17H2,1H3/p+1/t22-/m1/s1. The molecule has 0 bridgehead atoms. The highest BCUT2D eigenvalue weighted by atomic mass is 32.1. The van der Waals surface area contributed by atoms with E-state index in [1.807, 2.05) is 55.5 Å². The van der Waals surface area contributed by atoms with Gasteiger partial charge in [-0.3, -0.25) is 18.7 Å². The number of carbonyl (C=O) groups excluding carboxylic acids is 1. The van der Waals surface area contributed by atoms with E-state index in [0.717, 1.165) is 24.1 Å². The van der Waals surface area contributed by atoms with Gasteiger partial charge in [0.05, 0.1) is 24.3 Å². The molecule has 0 aliphatic carbocycles. The Balaban J connectivity index is 1.70. The molecule has 1 atom stereocenters. The number of nitrogens with two attached hydrogens (primary N) is 1. The van der Waals surface area contributed by atoms with E-state index in [-0.39, 0.29) is 22.8 Å². The number of nitrogens with zero attached hydrogens (tertiary/aromatic N) is 2. The summed E-state index contributed by atoms with van der Waals surface area (Å²) in [7, 11) is 0. The fourth-order valence-corrected chi connectivity index (χ4v) is 5.24. The Morgan fingerprint density at radius 1 is 1.00 bits per heavy atom. The summed E-state index contributed by atoms with van der Waals surface area (Å²) in [5, 5.41) is 13.5. The molecule has 3 aromatic carbocycles. The smallest absolute Gasteiger partial charge is 0.273 e. The Morgan fingerprint density at radius 3 is 2.46 bits per heavy atom. The molecule has 0 amide bonds. The van der Waals surface area contributed by atoms with Gasteiger partial charge in [-0.1, -0.05) is 60.7 Å². The molecule has 176 valence electrons. The molecule has 5 rings (SSSR count). The zero-order chi connectivity index (χ0) is 24.5. The first kappa shape index (κ1) is 23.0. The number of aromatic hydroxyl groups is 1. The van der Waals surface area contributed by atoms with Crippen LogP contribution >= 0.6 is 12.2 Å². The van der Waals surface area contributed by atoms with Gasteiger partial charge in [0.2, 0.25) is 5.88 Å². The van der Waals surface area contributed by atoms with E-state index in [2.05, 4.69) is 11.4 Å². The van der Waals surface area contributed by atoms with E-state index in [4.69, 9.17) is 12.2 Å². The van der Waals surface area contributed by atoms with Crippen molar-refractivity contribution in [2.75, 3.05) is 6.54 Å². The first-order valence-corrected chi connectivity index (χ1v) is 12.0. The van der Waals surface area contributed by atoms with Crippen molar-refractivity contribution >= 4 is 18.0 Å². The highest BCUT2D eigenvalue weighted by molar-refractivity contribution is 7.71. The fraction of sp³-hybridized carbons (Fsp3) is 0.179. The Morgan fingerprint density at radius 2 is 1.69 bits per heavy atom. The predicted octanol–water partition coefficient (Wildman–Crippen LogP) is 3.81. The number of rotatable bonds is 5. The van der Waals surface area contributed by atoms with E-state index in [1.165, 1.54) is 14.7 Å². The van der Waals surface area contributed by atoms with Crippen molar-refractivity contribution in [2.45, 2.75) is 25.8 Å². The van der Waals surface area contributed by atoms with Crippen LogP contribution < -0.4 is 10.9 Å². The third-order valence-corrected chi connectivity index (χ3v) is 6.97. The number of carbonyl (C=O) groups is 1. The minimum atomic E-state index is -0.613. The molecule has 1 aliphatic rings. The third-order valence-electron chi connectivity index (χ3n) is 6.61. The maximum absolute atomic E-state index is 13.7. The van der Waals surface area contributed by atoms with Crippen LogP contribution in [0.3, 0.4) is 0 Å². The number of quaternary nitrogens is 1. The van der Waals surface area contributed by atoms with Crippen LogP contribution in [0.1, 0.15) is 39.5 Å². The van der Waals surface area contributed by atoms with Gasteiger partial charge in [0.1, 0.15) is 11.6 Å². The molecular formula is C28H26N3O3S+. The van der Waals surface area contributed by atoms with Gasteiger partial charge in [0.25, 0.3) is 5.56 Å². The van der Waals surface area contributed by atoms with E-state index in [0.29, 0.717) is 11.4 Å². The Kier molecular flexibility index (Phi) is 6.19. The quantitative estimate of drug-likeness (QED) is 0.334. The molecule has 6 nitrogen and oxygen atoms in total. The van der Waals surface area contributed by atoms with Gasteiger partial charge in [-0.2, -0.15) is 0 Å². The maximum Gasteiger partial charge on any atom is 0.273 e. The zero-order valence-electron chi connectivity index (χ0n) is 19.3. The number of hydrogen-bond acceptors (Lipinski definition) is 4. The van der Waals surface area contributed by atoms with Crippen molar-refractivity contribution in [1.82, 2.24) is 9.13 Å². The summed E-state index contributed by atoms with van der Waals surface area (Å²) in [4.78, 5) is 27.4. The number of benzene rings is 3. The Bertz CT molecular complexity index is 1540. The number of ketones is 1. The summed E-state index contributed by atoms with van der Waals surface area (Å²) >= 11 is 5.70. The first-order valence-electron chi connectivity index (χ1n) is 11.6. The van der Waals surface area contributed by atoms with Gasteiger partial charge in [0.15, 0.2) is 10.6 Å². The van der Waals surface area contributed by atoms with E-state index in [9.17, 15) is 14.7 Å². The predicted molar refractivity (Wildman–Crippen MR) is 137 cm³/mol. The molecule has 0 saturated heterocycles. The van der Waals surface area contributed by atoms with Crippen LogP contribution in [0.4, 0.5) is 0 Å². The van der Waals surface area contributed by atoms with Crippen molar-refractivity contribution in [2.24, 2.45) is 0 Å². The average Bonchev–Trinajstić information content (AvgIpc) is 2.86. The second kappa shape index (κ2) is 9.44. The second-order valence-corrected chi connectivity index (χ2v) is 9.15. The minimum Gasteiger partial charge on any atom is -0.493 e. The average molecular weight is 485 g/mol. The Hall–Kier alpha value is -3.81. The maximum atomic E-state index is 13.7. The summed E-state index contributed by atoms with van der Waals surface area (Å²) in [6.07, 6.45) is 1.03. The number of Topliss-reactive ketones (excluding diaryl/α,β-unsaturated/α-hetero) is 1. The van der Waals surface area contributed by atoms with Crippen LogP contribution in [-0.4, -0.2) is 26.6 Å². The molecule has 1 aromatic heterocycles. The van der Waals surface area contributed by atoms with E-state index in [1.54, 1.807) is 24.3 Å². The minimum absolute atomic E-state index is 0.0964. The molecule has 0 saturated carbocycles. The molecule has 35 heavy (non-hydrogen) atoms. The largest absolute Gasteiger partial charge is 0.493 e. The van der Waals surface area contributed by atoms with Crippen LogP contribution in [0, 0.1) is 11.7 Å². The summed E-state index contributed by atoms with van der Waals surface area (Å²) in [5.74, 6) is -0.831. The lowest BCUT2D eigenvalue weighted by molar-refractivity contribution is -0.697. The van der Waals surface area contributed by atoms with Crippen LogP contribution in [-0.2, 0) is 6.42 Å². The van der Waals surface area contributed by atoms with Crippen molar-refractivity contribution < 1.29 is 15.2 Å². The normalized spacial score (nSPS) is 14.9. The highest BCUT2D eigenvalue weighted by Gasteiger charge is 2.30. The number of fused-ring (bicyclic) bond motifs is 1. The van der Waals surface area contributed by atoms with Gasteiger partial charge >= 0.3 is 0 Å². The molecule has 1 aliphatic heterocycles. The van der Waals surface area contributed by atoms with Crippen molar-refractivity contribution in [3.63, 3.8) is 0 Å². The van der Waals surface area contributed by atoms with Gasteiger partial charge in [-0.05, 0) is 48.5 Å². The van der Waals surface area contributed by atoms with Gasteiger partial charge in [0, 0.05) is 12.0 Å². The number of aromatic nitrogens is 2. The van der Waals surface area contributed by atoms with Crippen LogP contribution in [0.5, 0.6) is 5.88 Å². The van der Waals surface area contributed by atoms with Crippen LogP contribution in [0.25, 0.3) is 11.4 Å². The second-order valence-electron chi connectivity index (χ2n) is 8.79. The molecule has 0 fully saturated rings. The zero-order valence-corrected chi connectivity index (χ0v) is 20.2. The summed E-state index contributed by atoms with van der Waals surface area (Å²) in [6.45, 7) is 2.76. The van der Waals surface area contributed by atoms with Gasteiger partial charge < -0.3 is 10.4 Å². The van der Waals surface area contributed by atoms with E-state index < -0.39 is 17.2 Å². The lowest BCUT2D eigenvalue weighted by Gasteiger charge is -2.24. The lowest BCUT2D eigenvalue weighted by atomic mass is 9.90. The molecule has 0 radical (unpaired) electrons. The van der Waals surface area contributed by atoms with E-state index >= 15 is 0 Å². The fourth-order valence-electron chi connectivity index (χ4n) is 4.86. The van der Waals surface area contributed by atoms with Crippen molar-refractivity contribution in [3.05, 3.63) is 116 Å². The number of hydrogen-bond donors (Lipinski definition) is 2. The highest BCUT2D eigenvalue weighted by Crippen LogP contribution is 2.28. The molecule has 0 spiro atoms. The molecule has 2 heterocycles. The monoisotopic (exact) mass is 484 g/mol. The summed E-state index contributed by atoms with van der Waals surface area (Å²) in [5.41, 5.74) is 3.46. The molecule has 4 aromatic rings. The van der Waals surface area contributed by atoms with Crippen LogP contribution in [0.15, 0.2) is 83.7 Å². The SMILES string of the molecule is Cc1ccccc1-n1c(O)c(C(=O)C[C@H]2[NH2+]CCc3ccccc32)c(=O)n(-c2ccccc2)c1=S. The van der Waals surface area contributed by atoms with Crippen LogP contribution in [0.2, 0.25) is 0 Å². The number of para-hydroxylation sites is 2.